The number of nitrogens with zero attached hydrogens (tertiary/aromatic N) is 1. The Balaban J connectivity index is 1.80. The van der Waals surface area contributed by atoms with Gasteiger partial charge in [0, 0.05) is 11.9 Å². The largest absolute Gasteiger partial charge is 0.377 e. The van der Waals surface area contributed by atoms with Gasteiger partial charge in [-0.3, -0.25) is 4.98 Å². The number of pyridine rings is 1. The molecule has 0 aliphatic heterocycles. The van der Waals surface area contributed by atoms with Crippen LogP contribution in [0.4, 0.5) is 5.69 Å². The van der Waals surface area contributed by atoms with Crippen molar-refractivity contribution in [1.82, 2.24) is 4.98 Å². The fourth-order valence-electron chi connectivity index (χ4n) is 2.79. The lowest BCUT2D eigenvalue weighted by Gasteiger charge is -2.26. The van der Waals surface area contributed by atoms with Crippen molar-refractivity contribution in [2.45, 2.75) is 38.6 Å². The summed E-state index contributed by atoms with van der Waals surface area (Å²) >= 11 is 0. The van der Waals surface area contributed by atoms with Crippen LogP contribution in [0.5, 0.6) is 0 Å². The van der Waals surface area contributed by atoms with Gasteiger partial charge >= 0.3 is 0 Å². The highest BCUT2D eigenvalue weighted by atomic mass is 14.9. The molecule has 0 radical (unpaired) electrons. The second-order valence-corrected chi connectivity index (χ2v) is 5.19. The Labute approximate surface area is 114 Å². The predicted molar refractivity (Wildman–Crippen MR) is 79.4 cm³/mol. The molecule has 1 aliphatic carbocycles. The van der Waals surface area contributed by atoms with E-state index in [9.17, 15) is 0 Å². The van der Waals surface area contributed by atoms with E-state index in [4.69, 9.17) is 0 Å². The van der Waals surface area contributed by atoms with Gasteiger partial charge in [0.1, 0.15) is 0 Å². The standard InChI is InChI=1S/C17H20N2/c1-2-13-8-10-15(11-9-13)19-16-7-3-5-14-6-4-12-18-17(14)16/h4,6,8-12,16,19H,2-3,5,7H2,1H3. The van der Waals surface area contributed by atoms with E-state index in [-0.39, 0.29) is 0 Å². The molecule has 1 N–H and O–H groups in total. The fourth-order valence-corrected chi connectivity index (χ4v) is 2.79. The number of nitrogens with one attached hydrogen (secondary N) is 1. The smallest absolute Gasteiger partial charge is 0.0688 e. The van der Waals surface area contributed by atoms with E-state index < -0.39 is 0 Å². The molecule has 0 saturated carbocycles. The molecule has 2 nitrogen and oxygen atoms in total. The summed E-state index contributed by atoms with van der Waals surface area (Å²) in [4.78, 5) is 4.57. The van der Waals surface area contributed by atoms with Gasteiger partial charge in [-0.1, -0.05) is 25.1 Å². The highest BCUT2D eigenvalue weighted by molar-refractivity contribution is 5.47. The molecule has 2 aromatic rings. The molecule has 19 heavy (non-hydrogen) atoms. The molecule has 1 atom stereocenters. The molecule has 1 aromatic carbocycles. The monoisotopic (exact) mass is 252 g/mol. The number of hydrogen-bond acceptors (Lipinski definition) is 2. The van der Waals surface area contributed by atoms with E-state index in [1.807, 2.05) is 12.3 Å². The first-order chi connectivity index (χ1) is 9.36. The highest BCUT2D eigenvalue weighted by Gasteiger charge is 2.20. The summed E-state index contributed by atoms with van der Waals surface area (Å²) in [6, 6.07) is 13.4. The number of rotatable bonds is 3. The number of aryl methyl sites for hydroxylation is 2. The molecule has 0 saturated heterocycles. The molecule has 2 heteroatoms. The second-order valence-electron chi connectivity index (χ2n) is 5.19. The zero-order chi connectivity index (χ0) is 13.1. The van der Waals surface area contributed by atoms with Gasteiger partial charge in [-0.25, -0.2) is 0 Å². The maximum Gasteiger partial charge on any atom is 0.0688 e. The van der Waals surface area contributed by atoms with Crippen molar-refractivity contribution in [1.29, 1.82) is 0 Å². The van der Waals surface area contributed by atoms with Crippen LogP contribution in [-0.2, 0) is 12.8 Å². The molecular formula is C17H20N2. The average Bonchev–Trinajstić information content (AvgIpc) is 2.48. The fraction of sp³-hybridized carbons (Fsp3) is 0.353. The Hall–Kier alpha value is -1.83. The Kier molecular flexibility index (Phi) is 3.49. The van der Waals surface area contributed by atoms with Gasteiger partial charge in [0.2, 0.25) is 0 Å². The van der Waals surface area contributed by atoms with E-state index in [2.05, 4.69) is 47.6 Å². The normalized spacial score (nSPS) is 17.8. The molecule has 98 valence electrons. The number of fused-ring (bicyclic) bond motifs is 1. The zero-order valence-corrected chi connectivity index (χ0v) is 11.4. The van der Waals surface area contributed by atoms with Crippen molar-refractivity contribution in [3.05, 3.63) is 59.4 Å². The van der Waals surface area contributed by atoms with Crippen LogP contribution in [0.15, 0.2) is 42.6 Å². The first-order valence-electron chi connectivity index (χ1n) is 7.16. The van der Waals surface area contributed by atoms with Gasteiger partial charge < -0.3 is 5.32 Å². The van der Waals surface area contributed by atoms with Crippen LogP contribution in [0, 0.1) is 0 Å². The Morgan fingerprint density at radius 3 is 2.84 bits per heavy atom. The number of anilines is 1. The van der Waals surface area contributed by atoms with E-state index >= 15 is 0 Å². The van der Waals surface area contributed by atoms with Crippen LogP contribution in [0.2, 0.25) is 0 Å². The minimum atomic E-state index is 0.359. The van der Waals surface area contributed by atoms with Crippen LogP contribution in [0.25, 0.3) is 0 Å². The van der Waals surface area contributed by atoms with Crippen molar-refractivity contribution in [2.75, 3.05) is 5.32 Å². The summed E-state index contributed by atoms with van der Waals surface area (Å²) in [7, 11) is 0. The molecule has 1 aliphatic rings. The summed E-state index contributed by atoms with van der Waals surface area (Å²) in [6.07, 6.45) is 6.56. The first kappa shape index (κ1) is 12.2. The third kappa shape index (κ3) is 2.62. The van der Waals surface area contributed by atoms with Gasteiger partial charge in [-0.15, -0.1) is 0 Å². The molecule has 0 spiro atoms. The topological polar surface area (TPSA) is 24.9 Å². The summed E-state index contributed by atoms with van der Waals surface area (Å²) in [5.41, 5.74) is 5.21. The van der Waals surface area contributed by atoms with Gasteiger partial charge in [0.15, 0.2) is 0 Å². The molecule has 3 rings (SSSR count). The van der Waals surface area contributed by atoms with E-state index in [1.165, 1.54) is 35.3 Å². The van der Waals surface area contributed by atoms with Crippen molar-refractivity contribution >= 4 is 5.69 Å². The molecule has 0 amide bonds. The van der Waals surface area contributed by atoms with Crippen LogP contribution in [0.3, 0.4) is 0 Å². The van der Waals surface area contributed by atoms with Gasteiger partial charge in [0.25, 0.3) is 0 Å². The molecule has 0 fully saturated rings. The number of aromatic nitrogens is 1. The van der Waals surface area contributed by atoms with Gasteiger partial charge in [-0.2, -0.15) is 0 Å². The minimum absolute atomic E-state index is 0.359. The molecule has 0 bridgehead atoms. The first-order valence-corrected chi connectivity index (χ1v) is 7.16. The summed E-state index contributed by atoms with van der Waals surface area (Å²) < 4.78 is 0. The summed E-state index contributed by atoms with van der Waals surface area (Å²) in [5, 5.41) is 3.63. The quantitative estimate of drug-likeness (QED) is 0.888. The predicted octanol–water partition coefficient (Wildman–Crippen LogP) is 4.13. The molecule has 1 heterocycles. The van der Waals surface area contributed by atoms with Crippen molar-refractivity contribution in [3.8, 4) is 0 Å². The van der Waals surface area contributed by atoms with Gasteiger partial charge in [-0.05, 0) is 55.0 Å². The van der Waals surface area contributed by atoms with Crippen LogP contribution < -0.4 is 5.32 Å². The van der Waals surface area contributed by atoms with E-state index in [0.717, 1.165) is 12.8 Å². The summed E-state index contributed by atoms with van der Waals surface area (Å²) in [5.74, 6) is 0. The van der Waals surface area contributed by atoms with Crippen LogP contribution in [-0.4, -0.2) is 4.98 Å². The SMILES string of the molecule is CCc1ccc(NC2CCCc3cccnc32)cc1. The Bertz CT molecular complexity index is 545. The van der Waals surface area contributed by atoms with Crippen LogP contribution in [0.1, 0.15) is 42.6 Å². The molecule has 1 unspecified atom stereocenters. The van der Waals surface area contributed by atoms with Gasteiger partial charge in [0.05, 0.1) is 11.7 Å². The Morgan fingerprint density at radius 2 is 2.05 bits per heavy atom. The highest BCUT2D eigenvalue weighted by Crippen LogP contribution is 2.30. The lowest BCUT2D eigenvalue weighted by atomic mass is 9.92. The lowest BCUT2D eigenvalue weighted by Crippen LogP contribution is -2.18. The van der Waals surface area contributed by atoms with Crippen molar-refractivity contribution < 1.29 is 0 Å². The number of benzene rings is 1. The van der Waals surface area contributed by atoms with E-state index in [0.29, 0.717) is 6.04 Å². The van der Waals surface area contributed by atoms with Crippen molar-refractivity contribution in [3.63, 3.8) is 0 Å². The maximum atomic E-state index is 4.57. The third-order valence-corrected chi connectivity index (χ3v) is 3.90. The zero-order valence-electron chi connectivity index (χ0n) is 11.4. The second kappa shape index (κ2) is 5.43. The average molecular weight is 252 g/mol. The van der Waals surface area contributed by atoms with Crippen LogP contribution >= 0.6 is 0 Å². The van der Waals surface area contributed by atoms with E-state index in [1.54, 1.807) is 0 Å². The summed E-state index contributed by atoms with van der Waals surface area (Å²) in [6.45, 7) is 2.18. The number of hydrogen-bond donors (Lipinski definition) is 1. The third-order valence-electron chi connectivity index (χ3n) is 3.90. The molecule has 1 aromatic heterocycles. The Morgan fingerprint density at radius 1 is 1.21 bits per heavy atom. The lowest BCUT2D eigenvalue weighted by molar-refractivity contribution is 0.583. The molecular weight excluding hydrogens is 232 g/mol. The maximum absolute atomic E-state index is 4.57. The minimum Gasteiger partial charge on any atom is -0.377 e. The van der Waals surface area contributed by atoms with Crippen molar-refractivity contribution in [2.24, 2.45) is 0 Å².